The summed E-state index contributed by atoms with van der Waals surface area (Å²) in [4.78, 5) is 29.3. The Morgan fingerprint density at radius 1 is 0.927 bits per heavy atom. The molecule has 2 amide bonds. The van der Waals surface area contributed by atoms with Crippen molar-refractivity contribution in [1.82, 2.24) is 10.2 Å². The predicted octanol–water partition coefficient (Wildman–Crippen LogP) is 4.75. The van der Waals surface area contributed by atoms with E-state index in [0.29, 0.717) is 18.0 Å². The third-order valence-corrected chi connectivity index (χ3v) is 7.94. The second-order valence-electron chi connectivity index (χ2n) is 10.4. The van der Waals surface area contributed by atoms with E-state index in [1.165, 1.54) is 4.90 Å². The van der Waals surface area contributed by atoms with Gasteiger partial charge in [-0.25, -0.2) is 8.42 Å². The molecule has 1 unspecified atom stereocenters. The van der Waals surface area contributed by atoms with Crippen LogP contribution in [0.3, 0.4) is 0 Å². The Balaban J connectivity index is 2.09. The largest absolute Gasteiger partial charge is 0.497 e. The summed E-state index contributed by atoms with van der Waals surface area (Å²) in [5.41, 5.74) is 2.91. The van der Waals surface area contributed by atoms with Crippen molar-refractivity contribution in [2.45, 2.75) is 52.1 Å². The Morgan fingerprint density at radius 3 is 2.22 bits per heavy atom. The molecule has 0 heterocycles. The fourth-order valence-electron chi connectivity index (χ4n) is 4.69. The van der Waals surface area contributed by atoms with Crippen LogP contribution in [-0.4, -0.2) is 57.6 Å². The van der Waals surface area contributed by atoms with Gasteiger partial charge in [0.05, 0.1) is 19.1 Å². The Morgan fingerprint density at radius 2 is 1.59 bits per heavy atom. The molecule has 0 aliphatic rings. The van der Waals surface area contributed by atoms with Crippen LogP contribution in [0.15, 0.2) is 78.9 Å². The summed E-state index contributed by atoms with van der Waals surface area (Å²) >= 11 is 0. The van der Waals surface area contributed by atoms with E-state index in [0.717, 1.165) is 33.7 Å². The smallest absolute Gasteiger partial charge is 0.244 e. The highest BCUT2D eigenvalue weighted by Gasteiger charge is 2.33. The van der Waals surface area contributed by atoms with Gasteiger partial charge >= 0.3 is 0 Å². The molecule has 220 valence electrons. The maximum atomic E-state index is 14.2. The molecule has 8 nitrogen and oxygen atoms in total. The summed E-state index contributed by atoms with van der Waals surface area (Å²) in [6, 6.07) is 23.1. The summed E-state index contributed by atoms with van der Waals surface area (Å²) < 4.78 is 32.7. The van der Waals surface area contributed by atoms with Crippen LogP contribution in [0, 0.1) is 0 Å². The van der Waals surface area contributed by atoms with Crippen LogP contribution in [0.5, 0.6) is 5.75 Å². The number of rotatable bonds is 14. The first-order valence-corrected chi connectivity index (χ1v) is 15.7. The number of para-hydroxylation sites is 1. The third kappa shape index (κ3) is 8.82. The Bertz CT molecular complexity index is 1410. The highest BCUT2D eigenvalue weighted by molar-refractivity contribution is 7.92. The molecule has 0 aliphatic carbocycles. The average molecular weight is 580 g/mol. The Labute approximate surface area is 244 Å². The van der Waals surface area contributed by atoms with Gasteiger partial charge in [0.1, 0.15) is 18.3 Å². The molecule has 1 N–H and O–H groups in total. The van der Waals surface area contributed by atoms with Gasteiger partial charge < -0.3 is 15.0 Å². The minimum atomic E-state index is -3.84. The number of nitrogens with zero attached hydrogens (tertiary/aromatic N) is 2. The highest BCUT2D eigenvalue weighted by Crippen LogP contribution is 2.29. The van der Waals surface area contributed by atoms with Crippen LogP contribution in [0.2, 0.25) is 0 Å². The van der Waals surface area contributed by atoms with Crippen LogP contribution in [-0.2, 0) is 32.6 Å². The Hall–Kier alpha value is -3.85. The molecule has 0 aliphatic heterocycles. The molecule has 0 saturated heterocycles. The maximum absolute atomic E-state index is 14.2. The third-order valence-electron chi connectivity index (χ3n) is 6.81. The van der Waals surface area contributed by atoms with Gasteiger partial charge in [-0.3, -0.25) is 13.9 Å². The zero-order chi connectivity index (χ0) is 30.0. The number of benzene rings is 3. The van der Waals surface area contributed by atoms with Crippen molar-refractivity contribution < 1.29 is 22.7 Å². The van der Waals surface area contributed by atoms with E-state index in [1.807, 2.05) is 81.4 Å². The van der Waals surface area contributed by atoms with Gasteiger partial charge in [0.15, 0.2) is 0 Å². The monoisotopic (exact) mass is 579 g/mol. The zero-order valence-electron chi connectivity index (χ0n) is 24.5. The number of ether oxygens (including phenoxy) is 1. The number of hydrogen-bond donors (Lipinski definition) is 1. The minimum Gasteiger partial charge on any atom is -0.497 e. The molecular formula is C32H41N3O5S. The van der Waals surface area contributed by atoms with E-state index >= 15 is 0 Å². The molecule has 0 aromatic heterocycles. The van der Waals surface area contributed by atoms with Crippen molar-refractivity contribution >= 4 is 27.5 Å². The van der Waals surface area contributed by atoms with Crippen molar-refractivity contribution in [2.75, 3.05) is 30.8 Å². The topological polar surface area (TPSA) is 96.0 Å². The quantitative estimate of drug-likeness (QED) is 0.297. The average Bonchev–Trinajstić information content (AvgIpc) is 2.96. The highest BCUT2D eigenvalue weighted by atomic mass is 32.2. The van der Waals surface area contributed by atoms with E-state index in [-0.39, 0.29) is 24.8 Å². The molecule has 0 bridgehead atoms. The molecule has 0 radical (unpaired) electrons. The first-order chi connectivity index (χ1) is 19.5. The fourth-order valence-corrected chi connectivity index (χ4v) is 5.55. The van der Waals surface area contributed by atoms with Crippen molar-refractivity contribution in [3.8, 4) is 5.75 Å². The lowest BCUT2D eigenvalue weighted by molar-refractivity contribution is -0.140. The number of sulfonamides is 1. The Kier molecular flexibility index (Phi) is 11.3. The van der Waals surface area contributed by atoms with E-state index in [4.69, 9.17) is 4.74 Å². The number of anilines is 1. The van der Waals surface area contributed by atoms with Gasteiger partial charge in [-0.1, -0.05) is 81.4 Å². The summed E-state index contributed by atoms with van der Waals surface area (Å²) in [6.07, 6.45) is 2.11. The van der Waals surface area contributed by atoms with Crippen molar-refractivity contribution in [1.29, 1.82) is 0 Å². The number of carbonyl (C=O) groups excluding carboxylic acids is 2. The van der Waals surface area contributed by atoms with Gasteiger partial charge in [0, 0.05) is 19.5 Å². The summed E-state index contributed by atoms with van der Waals surface area (Å²) in [7, 11) is -2.28. The number of hydrogen-bond acceptors (Lipinski definition) is 5. The van der Waals surface area contributed by atoms with E-state index in [9.17, 15) is 18.0 Å². The van der Waals surface area contributed by atoms with Crippen LogP contribution in [0.25, 0.3) is 0 Å². The van der Waals surface area contributed by atoms with Gasteiger partial charge in [-0.05, 0) is 47.2 Å². The number of carbonyl (C=O) groups is 2. The number of methoxy groups -OCH3 is 1. The second kappa shape index (κ2) is 14.7. The van der Waals surface area contributed by atoms with Crippen molar-refractivity contribution in [3.05, 3.63) is 95.6 Å². The normalized spacial score (nSPS) is 12.0. The van der Waals surface area contributed by atoms with E-state index in [1.54, 1.807) is 25.3 Å². The SMILES string of the molecule is CCCNC(=O)C(Cc1ccccc1)N(Cc1cccc(OC)c1)C(=O)CN(c1ccccc1C(C)C)S(C)(=O)=O. The molecule has 9 heteroatoms. The van der Waals surface area contributed by atoms with Crippen LogP contribution >= 0.6 is 0 Å². The lowest BCUT2D eigenvalue weighted by atomic mass is 10.0. The predicted molar refractivity (Wildman–Crippen MR) is 163 cm³/mol. The molecule has 3 aromatic rings. The fraction of sp³-hybridized carbons (Fsp3) is 0.375. The van der Waals surface area contributed by atoms with Gasteiger partial charge in [-0.2, -0.15) is 0 Å². The maximum Gasteiger partial charge on any atom is 0.244 e. The van der Waals surface area contributed by atoms with Crippen LogP contribution < -0.4 is 14.4 Å². The summed E-state index contributed by atoms with van der Waals surface area (Å²) in [5, 5.41) is 2.95. The van der Waals surface area contributed by atoms with Gasteiger partial charge in [0.25, 0.3) is 0 Å². The van der Waals surface area contributed by atoms with Crippen molar-refractivity contribution in [2.24, 2.45) is 0 Å². The molecule has 0 fully saturated rings. The van der Waals surface area contributed by atoms with E-state index in [2.05, 4.69) is 5.32 Å². The lowest BCUT2D eigenvalue weighted by Crippen LogP contribution is -2.53. The first kappa shape index (κ1) is 31.7. The van der Waals surface area contributed by atoms with Gasteiger partial charge in [-0.15, -0.1) is 0 Å². The molecule has 0 spiro atoms. The number of nitrogens with one attached hydrogen (secondary N) is 1. The minimum absolute atomic E-state index is 0.0316. The summed E-state index contributed by atoms with van der Waals surface area (Å²) in [6.45, 7) is 6.02. The van der Waals surface area contributed by atoms with Crippen LogP contribution in [0.1, 0.15) is 49.8 Å². The summed E-state index contributed by atoms with van der Waals surface area (Å²) in [5.74, 6) is -0.123. The second-order valence-corrected chi connectivity index (χ2v) is 12.3. The van der Waals surface area contributed by atoms with Gasteiger partial charge in [0.2, 0.25) is 21.8 Å². The molecule has 3 rings (SSSR count). The zero-order valence-corrected chi connectivity index (χ0v) is 25.4. The molecular weight excluding hydrogens is 538 g/mol. The molecule has 1 atom stereocenters. The van der Waals surface area contributed by atoms with Crippen molar-refractivity contribution in [3.63, 3.8) is 0 Å². The molecule has 41 heavy (non-hydrogen) atoms. The first-order valence-electron chi connectivity index (χ1n) is 13.9. The standard InChI is InChI=1S/C32H41N3O5S/c1-6-19-33-32(37)30(21-25-13-8-7-9-14-25)34(22-26-15-12-16-27(20-26)40-4)31(36)23-35(41(5,38)39)29-18-11-10-17-28(29)24(2)3/h7-18,20,24,30H,6,19,21-23H2,1-5H3,(H,33,37). The molecule has 3 aromatic carbocycles. The number of amides is 2. The lowest BCUT2D eigenvalue weighted by Gasteiger charge is -2.34. The van der Waals surface area contributed by atoms with Crippen LogP contribution in [0.4, 0.5) is 5.69 Å². The van der Waals surface area contributed by atoms with E-state index < -0.39 is 28.5 Å². The molecule has 0 saturated carbocycles.